The number of allylic oxidation sites excluding steroid dienone is 1. The van der Waals surface area contributed by atoms with Crippen LogP contribution in [0.1, 0.15) is 38.7 Å². The van der Waals surface area contributed by atoms with Crippen molar-refractivity contribution in [1.82, 2.24) is 5.32 Å². The van der Waals surface area contributed by atoms with E-state index < -0.39 is 11.6 Å². The van der Waals surface area contributed by atoms with E-state index in [2.05, 4.69) is 5.32 Å². The molecule has 0 saturated heterocycles. The molecule has 0 aliphatic carbocycles. The summed E-state index contributed by atoms with van der Waals surface area (Å²) >= 11 is 0. The van der Waals surface area contributed by atoms with Gasteiger partial charge in [0.1, 0.15) is 17.8 Å². The topological polar surface area (TPSA) is 78.9 Å². The lowest BCUT2D eigenvalue weighted by Gasteiger charge is -2.29. The summed E-state index contributed by atoms with van der Waals surface area (Å²) in [6.45, 7) is 6.05. The number of ether oxygens (including phenoxy) is 1. The number of carbonyl (C=O) groups is 2. The van der Waals surface area contributed by atoms with E-state index in [9.17, 15) is 14.7 Å². The number of nitrogens with one attached hydrogen (secondary N) is 1. The summed E-state index contributed by atoms with van der Waals surface area (Å²) in [5, 5.41) is 12.5. The molecule has 6 nitrogen and oxygen atoms in total. The molecule has 0 bridgehead atoms. The van der Waals surface area contributed by atoms with Gasteiger partial charge in [-0.3, -0.25) is 4.79 Å². The third-order valence-corrected chi connectivity index (χ3v) is 4.14. The van der Waals surface area contributed by atoms with Crippen molar-refractivity contribution < 1.29 is 19.4 Å². The summed E-state index contributed by atoms with van der Waals surface area (Å²) in [7, 11) is 0. The number of fused-ring (bicyclic) bond motifs is 3. The van der Waals surface area contributed by atoms with Crippen molar-refractivity contribution >= 4 is 17.6 Å². The summed E-state index contributed by atoms with van der Waals surface area (Å²) in [4.78, 5) is 25.7. The Hall–Kier alpha value is -2.50. The van der Waals surface area contributed by atoms with E-state index in [0.29, 0.717) is 12.2 Å². The Labute approximate surface area is 141 Å². The van der Waals surface area contributed by atoms with Crippen molar-refractivity contribution in [3.63, 3.8) is 0 Å². The van der Waals surface area contributed by atoms with Gasteiger partial charge in [0, 0.05) is 18.2 Å². The highest BCUT2D eigenvalue weighted by Gasteiger charge is 2.40. The normalized spacial score (nSPS) is 19.5. The number of aliphatic carboxylic acids is 1. The number of nitrogens with zero attached hydrogens (tertiary/aromatic N) is 1. The standard InChI is InChI=1S/C18H22N2O4/c1-18(2,3)24-14(21)10-20-13-7-5-4-6-11(13)12-8-9-19-15(16(12)20)17(22)23/h4-7,12,19H,8-10H2,1-3H3,(H,22,23). The maximum Gasteiger partial charge on any atom is 0.353 e. The number of benzene rings is 1. The minimum Gasteiger partial charge on any atom is -0.477 e. The Morgan fingerprint density at radius 2 is 2.04 bits per heavy atom. The highest BCUT2D eigenvalue weighted by Crippen LogP contribution is 2.47. The molecule has 0 aromatic heterocycles. The van der Waals surface area contributed by atoms with Crippen LogP contribution in [0.2, 0.25) is 0 Å². The molecular formula is C18H22N2O4. The first-order valence-electron chi connectivity index (χ1n) is 8.07. The lowest BCUT2D eigenvalue weighted by molar-refractivity contribution is -0.153. The lowest BCUT2D eigenvalue weighted by Crippen LogP contribution is -2.38. The number of rotatable bonds is 3. The third kappa shape index (κ3) is 2.96. The van der Waals surface area contributed by atoms with E-state index in [0.717, 1.165) is 17.7 Å². The Morgan fingerprint density at radius 3 is 2.71 bits per heavy atom. The second-order valence-corrected chi connectivity index (χ2v) is 7.06. The Bertz CT molecular complexity index is 718. The van der Waals surface area contributed by atoms with E-state index in [1.165, 1.54) is 0 Å². The maximum absolute atomic E-state index is 12.3. The molecule has 0 radical (unpaired) electrons. The van der Waals surface area contributed by atoms with E-state index in [1.807, 2.05) is 45.0 Å². The molecule has 0 fully saturated rings. The van der Waals surface area contributed by atoms with Crippen LogP contribution in [0.4, 0.5) is 5.69 Å². The van der Waals surface area contributed by atoms with Gasteiger partial charge in [-0.1, -0.05) is 18.2 Å². The number of hydrogen-bond donors (Lipinski definition) is 2. The summed E-state index contributed by atoms with van der Waals surface area (Å²) in [6.07, 6.45) is 0.800. The Balaban J connectivity index is 2.01. The van der Waals surface area contributed by atoms with Crippen molar-refractivity contribution in [3.8, 4) is 0 Å². The number of carboxylic acids is 1. The molecule has 1 unspecified atom stereocenters. The van der Waals surface area contributed by atoms with Crippen LogP contribution in [0.15, 0.2) is 35.7 Å². The van der Waals surface area contributed by atoms with E-state index in [4.69, 9.17) is 4.74 Å². The number of para-hydroxylation sites is 1. The molecule has 6 heteroatoms. The molecule has 2 N–H and O–H groups in total. The molecule has 0 spiro atoms. The number of esters is 1. The molecule has 1 aromatic carbocycles. The minimum absolute atomic E-state index is 0.00141. The van der Waals surface area contributed by atoms with Gasteiger partial charge < -0.3 is 20.1 Å². The number of anilines is 1. The zero-order valence-electron chi connectivity index (χ0n) is 14.1. The Kier molecular flexibility index (Phi) is 3.99. The average molecular weight is 330 g/mol. The second-order valence-electron chi connectivity index (χ2n) is 7.06. The first-order valence-corrected chi connectivity index (χ1v) is 8.07. The predicted molar refractivity (Wildman–Crippen MR) is 89.7 cm³/mol. The van der Waals surface area contributed by atoms with Crippen molar-refractivity contribution in [2.24, 2.45) is 0 Å². The van der Waals surface area contributed by atoms with Gasteiger partial charge in [-0.25, -0.2) is 4.79 Å². The van der Waals surface area contributed by atoms with Crippen LogP contribution < -0.4 is 10.2 Å². The van der Waals surface area contributed by atoms with Crippen LogP contribution in [0.5, 0.6) is 0 Å². The molecule has 3 rings (SSSR count). The van der Waals surface area contributed by atoms with Crippen molar-refractivity contribution in [3.05, 3.63) is 41.2 Å². The van der Waals surface area contributed by atoms with Gasteiger partial charge in [-0.05, 0) is 38.8 Å². The first kappa shape index (κ1) is 16.4. The van der Waals surface area contributed by atoms with E-state index in [1.54, 1.807) is 4.90 Å². The van der Waals surface area contributed by atoms with Crippen LogP contribution in [0, 0.1) is 0 Å². The van der Waals surface area contributed by atoms with E-state index in [-0.39, 0.29) is 24.1 Å². The summed E-state index contributed by atoms with van der Waals surface area (Å²) < 4.78 is 5.42. The molecule has 1 atom stereocenters. The van der Waals surface area contributed by atoms with Gasteiger partial charge in [0.25, 0.3) is 0 Å². The molecule has 0 saturated carbocycles. The first-order chi connectivity index (χ1) is 11.3. The van der Waals surface area contributed by atoms with Gasteiger partial charge in [0.05, 0.1) is 5.70 Å². The quantitative estimate of drug-likeness (QED) is 0.828. The summed E-state index contributed by atoms with van der Waals surface area (Å²) in [6, 6.07) is 7.76. The fourth-order valence-corrected chi connectivity index (χ4v) is 3.39. The molecule has 128 valence electrons. The van der Waals surface area contributed by atoms with Gasteiger partial charge in [0.15, 0.2) is 0 Å². The van der Waals surface area contributed by atoms with Crippen molar-refractivity contribution in [1.29, 1.82) is 0 Å². The molecule has 0 amide bonds. The summed E-state index contributed by atoms with van der Waals surface area (Å²) in [5.41, 5.74) is 2.19. The zero-order chi connectivity index (χ0) is 17.5. The Morgan fingerprint density at radius 1 is 1.33 bits per heavy atom. The van der Waals surface area contributed by atoms with E-state index >= 15 is 0 Å². The fraction of sp³-hybridized carbons (Fsp3) is 0.444. The number of carbonyl (C=O) groups excluding carboxylic acids is 1. The predicted octanol–water partition coefficient (Wildman–Crippen LogP) is 2.22. The highest BCUT2D eigenvalue weighted by atomic mass is 16.6. The number of hydrogen-bond acceptors (Lipinski definition) is 5. The van der Waals surface area contributed by atoms with Crippen LogP contribution in [-0.4, -0.2) is 35.7 Å². The molecule has 2 aliphatic rings. The minimum atomic E-state index is -1.00. The fourth-order valence-electron chi connectivity index (χ4n) is 3.39. The van der Waals surface area contributed by atoms with Gasteiger partial charge in [-0.15, -0.1) is 0 Å². The summed E-state index contributed by atoms with van der Waals surface area (Å²) in [5.74, 6) is -1.38. The monoisotopic (exact) mass is 330 g/mol. The SMILES string of the molecule is CC(C)(C)OC(=O)CN1C2=C(C(=O)O)NCCC2c2ccccc21. The highest BCUT2D eigenvalue weighted by molar-refractivity contribution is 5.91. The van der Waals surface area contributed by atoms with Crippen LogP contribution >= 0.6 is 0 Å². The maximum atomic E-state index is 12.3. The van der Waals surface area contributed by atoms with Crippen molar-refractivity contribution in [2.45, 2.75) is 38.7 Å². The zero-order valence-corrected chi connectivity index (χ0v) is 14.1. The molecular weight excluding hydrogens is 308 g/mol. The number of carboxylic acid groups (broad SMARTS) is 1. The largest absolute Gasteiger partial charge is 0.477 e. The third-order valence-electron chi connectivity index (χ3n) is 4.14. The van der Waals surface area contributed by atoms with Crippen LogP contribution in [-0.2, 0) is 14.3 Å². The molecule has 1 aromatic rings. The average Bonchev–Trinajstić information content (AvgIpc) is 2.80. The second kappa shape index (κ2) is 5.85. The van der Waals surface area contributed by atoms with Crippen LogP contribution in [0.25, 0.3) is 0 Å². The molecule has 24 heavy (non-hydrogen) atoms. The van der Waals surface area contributed by atoms with Gasteiger partial charge >= 0.3 is 11.9 Å². The van der Waals surface area contributed by atoms with Crippen LogP contribution in [0.3, 0.4) is 0 Å². The van der Waals surface area contributed by atoms with Gasteiger partial charge in [0.2, 0.25) is 0 Å². The smallest absolute Gasteiger partial charge is 0.353 e. The lowest BCUT2D eigenvalue weighted by atomic mass is 9.92. The van der Waals surface area contributed by atoms with Gasteiger partial charge in [-0.2, -0.15) is 0 Å². The molecule has 2 heterocycles. The molecule has 2 aliphatic heterocycles. The van der Waals surface area contributed by atoms with Crippen molar-refractivity contribution in [2.75, 3.05) is 18.0 Å².